The monoisotopic (exact) mass is 386 g/mol. The number of carbonyl (C=O) groups excluding carboxylic acids is 1. The first-order valence-electron chi connectivity index (χ1n) is 10.3. The number of hydrogen-bond donors (Lipinski definition) is 1. The summed E-state index contributed by atoms with van der Waals surface area (Å²) in [5, 5.41) is 1.33. The molecule has 0 spiro atoms. The molecule has 2 aromatic rings. The summed E-state index contributed by atoms with van der Waals surface area (Å²) in [5.41, 5.74) is 3.98. The van der Waals surface area contributed by atoms with Crippen LogP contribution < -0.4 is 0 Å². The number of likely N-dealkylation sites (tertiary alicyclic amines) is 1. The Bertz CT molecular complexity index is 754. The number of aromatic nitrogens is 1. The molecule has 2 heterocycles. The topological polar surface area (TPSA) is 45.3 Å². The van der Waals surface area contributed by atoms with Crippen LogP contribution in [0.3, 0.4) is 0 Å². The number of aryl methyl sites for hydroxylation is 1. The second-order valence-corrected chi connectivity index (χ2v) is 8.11. The number of para-hydroxylation sites is 1. The quantitative estimate of drug-likeness (QED) is 0.721. The summed E-state index contributed by atoms with van der Waals surface area (Å²) in [6, 6.07) is 9.01. The Morgan fingerprint density at radius 2 is 1.96 bits per heavy atom. The van der Waals surface area contributed by atoms with Gasteiger partial charge in [0.2, 0.25) is 0 Å². The van der Waals surface area contributed by atoms with Crippen molar-refractivity contribution in [1.82, 2.24) is 9.88 Å². The van der Waals surface area contributed by atoms with E-state index >= 15 is 0 Å². The maximum atomic E-state index is 11.6. The molecule has 1 N–H and O–H groups in total. The van der Waals surface area contributed by atoms with Crippen molar-refractivity contribution in [3.8, 4) is 0 Å². The normalized spacial score (nSPS) is 27.3. The van der Waals surface area contributed by atoms with Crippen LogP contribution in [0.15, 0.2) is 24.3 Å². The molecule has 2 aliphatic rings. The third kappa shape index (κ3) is 4.33. The van der Waals surface area contributed by atoms with Crippen molar-refractivity contribution < 1.29 is 9.53 Å². The van der Waals surface area contributed by atoms with E-state index in [1.807, 2.05) is 0 Å². The van der Waals surface area contributed by atoms with Gasteiger partial charge < -0.3 is 14.5 Å². The van der Waals surface area contributed by atoms with Crippen molar-refractivity contribution in [2.75, 3.05) is 27.3 Å². The van der Waals surface area contributed by atoms with E-state index in [1.165, 1.54) is 41.3 Å². The van der Waals surface area contributed by atoms with E-state index in [-0.39, 0.29) is 13.3 Å². The molecule has 4 rings (SSSR count). The van der Waals surface area contributed by atoms with E-state index < -0.39 is 0 Å². The smallest absolute Gasteiger partial charge is 0.123 e. The van der Waals surface area contributed by atoms with Crippen molar-refractivity contribution in [1.29, 1.82) is 0 Å². The molecular weight excluding hydrogens is 348 g/mol. The molecule has 0 bridgehead atoms. The lowest BCUT2D eigenvalue weighted by molar-refractivity contribution is -0.116. The van der Waals surface area contributed by atoms with Crippen LogP contribution in [0.1, 0.15) is 57.3 Å². The van der Waals surface area contributed by atoms with Gasteiger partial charge in [-0.15, -0.1) is 0 Å². The summed E-state index contributed by atoms with van der Waals surface area (Å²) < 4.78 is 4.25. The summed E-state index contributed by atoms with van der Waals surface area (Å²) in [5.74, 6) is 1.54. The summed E-state index contributed by atoms with van der Waals surface area (Å²) in [6.45, 7) is 6.73. The summed E-state index contributed by atoms with van der Waals surface area (Å²) in [4.78, 5) is 17.9. The molecule has 1 saturated carbocycles. The minimum absolute atomic E-state index is 0. The van der Waals surface area contributed by atoms with Crippen LogP contribution in [-0.2, 0) is 9.53 Å². The molecule has 28 heavy (non-hydrogen) atoms. The zero-order valence-electron chi connectivity index (χ0n) is 17.2. The molecule has 1 aromatic carbocycles. The van der Waals surface area contributed by atoms with Gasteiger partial charge in [-0.25, -0.2) is 0 Å². The molecule has 1 aromatic heterocycles. The highest BCUT2D eigenvalue weighted by molar-refractivity contribution is 5.84. The highest BCUT2D eigenvalue weighted by atomic mass is 16.4. The van der Waals surface area contributed by atoms with Crippen molar-refractivity contribution in [3.05, 3.63) is 35.5 Å². The van der Waals surface area contributed by atoms with E-state index in [1.54, 1.807) is 14.2 Å². The average Bonchev–Trinajstić information content (AvgIpc) is 3.03. The van der Waals surface area contributed by atoms with Crippen LogP contribution in [-0.4, -0.2) is 43.5 Å². The number of aldehydes is 1. The van der Waals surface area contributed by atoms with E-state index in [0.717, 1.165) is 25.9 Å². The second-order valence-electron chi connectivity index (χ2n) is 8.11. The Morgan fingerprint density at radius 1 is 1.25 bits per heavy atom. The van der Waals surface area contributed by atoms with Gasteiger partial charge in [0.05, 0.1) is 6.04 Å². The molecule has 0 amide bonds. The number of nitrogens with one attached hydrogen (secondary N) is 1. The van der Waals surface area contributed by atoms with Gasteiger partial charge in [-0.1, -0.05) is 39.0 Å². The molecule has 4 nitrogen and oxygen atoms in total. The van der Waals surface area contributed by atoms with Gasteiger partial charge in [-0.2, -0.15) is 0 Å². The van der Waals surface area contributed by atoms with Crippen molar-refractivity contribution in [2.45, 2.75) is 53.0 Å². The van der Waals surface area contributed by atoms with Crippen LogP contribution >= 0.6 is 0 Å². The first kappa shape index (κ1) is 22.6. The van der Waals surface area contributed by atoms with Crippen LogP contribution in [0.5, 0.6) is 0 Å². The first-order chi connectivity index (χ1) is 13.1. The molecule has 1 aliphatic carbocycles. The van der Waals surface area contributed by atoms with E-state index in [9.17, 15) is 4.79 Å². The van der Waals surface area contributed by atoms with Crippen molar-refractivity contribution >= 4 is 17.2 Å². The Morgan fingerprint density at radius 3 is 2.61 bits per heavy atom. The van der Waals surface area contributed by atoms with E-state index in [2.05, 4.69) is 52.7 Å². The van der Waals surface area contributed by atoms with Gasteiger partial charge in [0.25, 0.3) is 0 Å². The van der Waals surface area contributed by atoms with Crippen molar-refractivity contribution in [3.63, 3.8) is 0 Å². The largest absolute Gasteiger partial charge is 0.388 e. The Labute approximate surface area is 170 Å². The highest BCUT2D eigenvalue weighted by Gasteiger charge is 2.42. The molecule has 156 valence electrons. The molecular formula is C24H38N2O2. The Balaban J connectivity index is 0.000000660. The Kier molecular flexibility index (Phi) is 8.26. The maximum absolute atomic E-state index is 11.6. The zero-order chi connectivity index (χ0) is 19.4. The first-order valence-corrected chi connectivity index (χ1v) is 10.3. The number of ether oxygens (including phenoxy) is 1. The fraction of sp³-hybridized carbons (Fsp3) is 0.625. The van der Waals surface area contributed by atoms with Gasteiger partial charge >= 0.3 is 0 Å². The van der Waals surface area contributed by atoms with Crippen molar-refractivity contribution in [2.24, 2.45) is 17.8 Å². The number of hydrogen-bond acceptors (Lipinski definition) is 3. The second kappa shape index (κ2) is 10.2. The number of fused-ring (bicyclic) bond motifs is 2. The molecule has 0 radical (unpaired) electrons. The Hall–Kier alpha value is -1.65. The predicted octanol–water partition coefficient (Wildman–Crippen LogP) is 5.37. The molecule has 4 heteroatoms. The molecule has 4 unspecified atom stereocenters. The van der Waals surface area contributed by atoms with Crippen LogP contribution in [0, 0.1) is 24.7 Å². The standard InChI is InChI=1S/C21H28N2O.C2H6O.CH4/c1-3-23-12-15-7-6-8-16(13-24)18(15)11-20(23)21-14(2)17-9-4-5-10-19(17)22-21;1-3-2;/h4-5,9-10,13,15-16,18,20,22H,3,6-8,11-12H2,1-2H3;1-2H3;1H4. The number of H-pyrrole nitrogens is 1. The lowest BCUT2D eigenvalue weighted by Gasteiger charge is -2.48. The maximum Gasteiger partial charge on any atom is 0.123 e. The molecule has 4 atom stereocenters. The average molecular weight is 387 g/mol. The number of aromatic amines is 1. The summed E-state index contributed by atoms with van der Waals surface area (Å²) in [7, 11) is 3.25. The predicted molar refractivity (Wildman–Crippen MR) is 118 cm³/mol. The third-order valence-corrected chi connectivity index (χ3v) is 6.59. The lowest BCUT2D eigenvalue weighted by Crippen LogP contribution is -2.46. The SMILES string of the molecule is C.CCN1CC2CCCC(C=O)C2CC1c1[nH]c2ccccc2c1C.COC. The number of rotatable bonds is 3. The molecule has 1 saturated heterocycles. The third-order valence-electron chi connectivity index (χ3n) is 6.59. The number of benzene rings is 1. The zero-order valence-corrected chi connectivity index (χ0v) is 17.2. The van der Waals surface area contributed by atoms with E-state index in [4.69, 9.17) is 0 Å². The number of methoxy groups -OCH3 is 1. The van der Waals surface area contributed by atoms with Crippen LogP contribution in [0.2, 0.25) is 0 Å². The minimum Gasteiger partial charge on any atom is -0.388 e. The van der Waals surface area contributed by atoms with E-state index in [0.29, 0.717) is 17.9 Å². The fourth-order valence-corrected chi connectivity index (χ4v) is 5.28. The number of piperidine rings is 1. The number of carbonyl (C=O) groups is 1. The van der Waals surface area contributed by atoms with Gasteiger partial charge in [0.1, 0.15) is 6.29 Å². The highest BCUT2D eigenvalue weighted by Crippen LogP contribution is 2.46. The van der Waals surface area contributed by atoms with Gasteiger partial charge in [-0.05, 0) is 56.2 Å². The molecule has 1 aliphatic heterocycles. The van der Waals surface area contributed by atoms with Gasteiger partial charge in [-0.3, -0.25) is 4.90 Å². The van der Waals surface area contributed by atoms with Gasteiger partial charge in [0, 0.05) is 43.3 Å². The van der Waals surface area contributed by atoms with Crippen LogP contribution in [0.4, 0.5) is 0 Å². The van der Waals surface area contributed by atoms with Crippen LogP contribution in [0.25, 0.3) is 10.9 Å². The summed E-state index contributed by atoms with van der Waals surface area (Å²) >= 11 is 0. The van der Waals surface area contributed by atoms with Gasteiger partial charge in [0.15, 0.2) is 0 Å². The minimum atomic E-state index is 0. The summed E-state index contributed by atoms with van der Waals surface area (Å²) in [6.07, 6.45) is 5.97. The molecule has 2 fully saturated rings. The fourth-order valence-electron chi connectivity index (χ4n) is 5.28. The number of nitrogens with zero attached hydrogens (tertiary/aromatic N) is 1. The lowest BCUT2D eigenvalue weighted by atomic mass is 9.67.